The Bertz CT molecular complexity index is 2540. The second kappa shape index (κ2) is 34.2. The van der Waals surface area contributed by atoms with Gasteiger partial charge in [0.05, 0.1) is 70.5 Å². The van der Waals surface area contributed by atoms with Crippen LogP contribution >= 0.6 is 0 Å². The number of carboxylic acids is 1. The number of amides is 4. The summed E-state index contributed by atoms with van der Waals surface area (Å²) in [6, 6.07) is -6.61. The van der Waals surface area contributed by atoms with Gasteiger partial charge in [0.15, 0.2) is 31.5 Å². The van der Waals surface area contributed by atoms with Gasteiger partial charge in [-0.05, 0) is 6.92 Å². The fourth-order valence-electron chi connectivity index (χ4n) is 12.6. The number of rotatable bonds is 26. The molecule has 0 radical (unpaired) electrons. The molecule has 0 aliphatic carbocycles. The predicted octanol–water partition coefficient (Wildman–Crippen LogP) is -15.4. The fourth-order valence-corrected chi connectivity index (χ4v) is 12.6. The van der Waals surface area contributed by atoms with Crippen molar-refractivity contribution in [2.24, 2.45) is 0 Å². The average Bonchev–Trinajstić information content (AvgIpc) is 0.763. The van der Waals surface area contributed by atoms with Crippen molar-refractivity contribution < 1.29 is 188 Å². The van der Waals surface area contributed by atoms with E-state index in [4.69, 9.17) is 61.6 Å². The molecule has 0 spiro atoms. The average molecular weight is 1400 g/mol. The van der Waals surface area contributed by atoms with Crippen LogP contribution in [0.4, 0.5) is 0 Å². The summed E-state index contributed by atoms with van der Waals surface area (Å²) < 4.78 is 75.8. The number of carbonyl (C=O) groups is 5. The molecule has 0 bridgehead atoms. The zero-order valence-electron chi connectivity index (χ0n) is 52.2. The van der Waals surface area contributed by atoms with Crippen molar-refractivity contribution in [1.29, 1.82) is 0 Å². The highest BCUT2D eigenvalue weighted by Crippen LogP contribution is 2.41. The highest BCUT2D eigenvalue weighted by Gasteiger charge is 2.62. The second-order valence-electron chi connectivity index (χ2n) is 24.2. The molecular weight excluding hydrogens is 1310 g/mol. The zero-order valence-corrected chi connectivity index (χ0v) is 52.2. The number of aliphatic hydroxyl groups is 19. The molecule has 4 amide bonds. The summed E-state index contributed by atoms with van der Waals surface area (Å²) in [5, 5.41) is 230. The number of hydrogen-bond donors (Lipinski definition) is 24. The Kier molecular flexibility index (Phi) is 28.2. The monoisotopic (exact) mass is 1400 g/mol. The molecule has 7 aliphatic rings. The Morgan fingerprint density at radius 1 is 0.417 bits per heavy atom. The Morgan fingerprint density at radius 2 is 0.729 bits per heavy atom. The molecule has 0 aromatic carbocycles. The van der Waals surface area contributed by atoms with Gasteiger partial charge in [0.1, 0.15) is 159 Å². The van der Waals surface area contributed by atoms with Gasteiger partial charge in [-0.25, -0.2) is 4.79 Å². The van der Waals surface area contributed by atoms with Crippen molar-refractivity contribution in [3.8, 4) is 0 Å². The van der Waals surface area contributed by atoms with Crippen LogP contribution in [0, 0.1) is 0 Å². The van der Waals surface area contributed by atoms with Crippen LogP contribution in [0.3, 0.4) is 0 Å². The standard InChI is InChI=1S/C54H90N4O38/c1-14-27(55-15(2)66)35(76)41(24(11-63)84-14)90-50-38(79)45(32(73)21(8-60)85-50)93-48-29(57-17(4)68)36(77)42(25(12-64)88-48)91-51-39(80)46(33(74)22(9-61)86-51)94-49-30(58-18(5)69)37(78)43(26(13-65)89-49)92-52-40(81)47(34(75)23(10-62)87-52)96-54(53(82)83)6-19(70)28(56-16(3)67)44(95-54)31(72)20(71)7-59/h14,19-52,59-65,70-81H,6-13H2,1-5H3,(H,55,66)(H,56,67)(H,57,68)(H,58,69)(H,82,83)/t14?,19-,20+,21?,22?,23?,24?,25?,26?,27?,28+,29?,30?,31+,32-,33-,34-,35+,36+,37+,38?,39?,40?,41-,42-,43-,44?,45-,46-,47-,48-,49-,50-,51-,52-,54-/m0/s1. The summed E-state index contributed by atoms with van der Waals surface area (Å²) in [7, 11) is 0. The summed E-state index contributed by atoms with van der Waals surface area (Å²) >= 11 is 0. The summed E-state index contributed by atoms with van der Waals surface area (Å²) in [5.41, 5.74) is 0. The van der Waals surface area contributed by atoms with E-state index in [-0.39, 0.29) is 0 Å². The van der Waals surface area contributed by atoms with Crippen molar-refractivity contribution in [3.05, 3.63) is 0 Å². The van der Waals surface area contributed by atoms with Gasteiger partial charge in [0.2, 0.25) is 23.6 Å². The summed E-state index contributed by atoms with van der Waals surface area (Å²) in [6.07, 6.45) is -62.8. The first-order valence-corrected chi connectivity index (χ1v) is 30.6. The van der Waals surface area contributed by atoms with E-state index in [2.05, 4.69) is 21.3 Å². The fraction of sp³-hybridized carbons (Fsp3) is 0.907. The van der Waals surface area contributed by atoms with E-state index < -0.39 is 302 Å². The van der Waals surface area contributed by atoms with E-state index in [0.717, 1.165) is 27.7 Å². The van der Waals surface area contributed by atoms with Gasteiger partial charge in [-0.3, -0.25) is 19.2 Å². The number of carbonyl (C=O) groups excluding carboxylic acids is 4. The Labute approximate surface area is 544 Å². The number of carboxylic acid groups (broad SMARTS) is 1. The number of nitrogens with one attached hydrogen (secondary N) is 4. The highest BCUT2D eigenvalue weighted by atomic mass is 16.8. The van der Waals surface area contributed by atoms with Crippen LogP contribution in [-0.2, 0) is 85.6 Å². The van der Waals surface area contributed by atoms with Crippen LogP contribution in [0.25, 0.3) is 0 Å². The molecule has 0 saturated carbocycles. The van der Waals surface area contributed by atoms with Crippen LogP contribution in [0.2, 0.25) is 0 Å². The summed E-state index contributed by atoms with van der Waals surface area (Å²) in [6.45, 7) is -1.93. The maximum atomic E-state index is 13.1. The maximum Gasteiger partial charge on any atom is 0.364 e. The number of ether oxygens (including phenoxy) is 13. The van der Waals surface area contributed by atoms with Gasteiger partial charge >= 0.3 is 5.97 Å². The molecule has 7 heterocycles. The molecule has 7 rings (SSSR count). The van der Waals surface area contributed by atoms with Crippen molar-refractivity contribution in [2.75, 3.05) is 46.2 Å². The van der Waals surface area contributed by atoms with Crippen molar-refractivity contribution in [2.45, 2.75) is 261 Å². The maximum absolute atomic E-state index is 13.1. The van der Waals surface area contributed by atoms with Crippen LogP contribution in [-0.4, -0.2) is 398 Å². The number of aliphatic hydroxyl groups excluding tert-OH is 19. The molecular formula is C54H90N4O38. The first kappa shape index (κ1) is 79.4. The van der Waals surface area contributed by atoms with Crippen LogP contribution < -0.4 is 21.3 Å². The lowest BCUT2D eigenvalue weighted by atomic mass is 9.88. The quantitative estimate of drug-likeness (QED) is 0.0382. The SMILES string of the molecule is CC(=O)NC1C(C)OC(CO)[C@H](O[C@@H]2OC(CO)[C@H](O)[C@H](O[C@@H]3OC(CO)[C@H](O[C@@H]4OC(CO)[C@H](O)[C@H](O[C@@H]5OC(CO)[C@H](O[C@@H]6OC(CO)[C@H](O)[C@H](O[C@]7(C(=O)O)C[C@H](O)[C@@H](NC(C)=O)C([C@H](O)[C@H](O)CO)O7)C6O)[C@H](O)C5NC(C)=O)C4O)[C@H](O)C3NC(C)=O)C2O)[C@@H]1O. The van der Waals surface area contributed by atoms with Crippen LogP contribution in [0.15, 0.2) is 0 Å². The van der Waals surface area contributed by atoms with Crippen molar-refractivity contribution in [3.63, 3.8) is 0 Å². The van der Waals surface area contributed by atoms with E-state index in [0.29, 0.717) is 0 Å². The number of aliphatic carboxylic acids is 1. The molecule has 24 N–H and O–H groups in total. The minimum Gasteiger partial charge on any atom is -0.477 e. The molecule has 554 valence electrons. The third-order valence-electron chi connectivity index (χ3n) is 17.4. The van der Waals surface area contributed by atoms with Gasteiger partial charge in [0.25, 0.3) is 5.79 Å². The van der Waals surface area contributed by atoms with Gasteiger partial charge < -0.3 is 185 Å². The lowest BCUT2D eigenvalue weighted by molar-refractivity contribution is -0.391. The molecule has 14 unspecified atom stereocenters. The zero-order chi connectivity index (χ0) is 71.3. The Morgan fingerprint density at radius 3 is 1.08 bits per heavy atom. The molecule has 0 aromatic rings. The smallest absolute Gasteiger partial charge is 0.364 e. The molecule has 7 saturated heterocycles. The van der Waals surface area contributed by atoms with E-state index in [1.165, 1.54) is 6.92 Å². The minimum absolute atomic E-state index is 0.580. The lowest BCUT2D eigenvalue weighted by Crippen LogP contribution is -2.71. The minimum atomic E-state index is -3.23. The van der Waals surface area contributed by atoms with E-state index in [1.54, 1.807) is 0 Å². The largest absolute Gasteiger partial charge is 0.477 e. The van der Waals surface area contributed by atoms with E-state index >= 15 is 0 Å². The first-order chi connectivity index (χ1) is 45.2. The van der Waals surface area contributed by atoms with Gasteiger partial charge in [-0.2, -0.15) is 0 Å². The normalized spacial score (nSPS) is 46.0. The molecule has 0 aromatic heterocycles. The van der Waals surface area contributed by atoms with Gasteiger partial charge in [-0.1, -0.05) is 0 Å². The summed E-state index contributed by atoms with van der Waals surface area (Å²) in [4.78, 5) is 62.9. The van der Waals surface area contributed by atoms with E-state index in [1.807, 2.05) is 0 Å². The summed E-state index contributed by atoms with van der Waals surface area (Å²) in [5.74, 6) is -8.59. The third-order valence-corrected chi connectivity index (χ3v) is 17.4. The highest BCUT2D eigenvalue weighted by molar-refractivity contribution is 5.77. The first-order valence-electron chi connectivity index (χ1n) is 30.6. The lowest BCUT2D eigenvalue weighted by Gasteiger charge is -2.51. The predicted molar refractivity (Wildman–Crippen MR) is 299 cm³/mol. The van der Waals surface area contributed by atoms with E-state index in [9.17, 15) is 126 Å². The second-order valence-corrected chi connectivity index (χ2v) is 24.2. The van der Waals surface area contributed by atoms with Gasteiger partial charge in [0, 0.05) is 34.1 Å². The molecule has 36 atom stereocenters. The Hall–Kier alpha value is -3.93. The van der Waals surface area contributed by atoms with Crippen molar-refractivity contribution in [1.82, 2.24) is 21.3 Å². The molecule has 42 heteroatoms. The van der Waals surface area contributed by atoms with Gasteiger partial charge in [-0.15, -0.1) is 0 Å². The van der Waals surface area contributed by atoms with Crippen molar-refractivity contribution >= 4 is 29.6 Å². The molecule has 42 nitrogen and oxygen atoms in total. The van der Waals surface area contributed by atoms with Crippen LogP contribution in [0.1, 0.15) is 41.0 Å². The number of hydrogen-bond acceptors (Lipinski definition) is 37. The molecule has 7 aliphatic heterocycles. The topological polar surface area (TPSA) is 658 Å². The molecule has 7 fully saturated rings. The molecule has 96 heavy (non-hydrogen) atoms. The Balaban J connectivity index is 1.10. The van der Waals surface area contributed by atoms with Crippen LogP contribution in [0.5, 0.6) is 0 Å². The third kappa shape index (κ3) is 17.3.